The Kier molecular flexibility index (Phi) is 7.26. The van der Waals surface area contributed by atoms with Gasteiger partial charge in [0.15, 0.2) is 0 Å². The molecule has 0 spiro atoms. The summed E-state index contributed by atoms with van der Waals surface area (Å²) in [6, 6.07) is 8.01. The van der Waals surface area contributed by atoms with Gasteiger partial charge in [0, 0.05) is 33.2 Å². The van der Waals surface area contributed by atoms with E-state index >= 15 is 0 Å². The number of nitrogens with zero attached hydrogens (tertiary/aromatic N) is 1. The van der Waals surface area contributed by atoms with E-state index in [0.717, 1.165) is 17.5 Å². The van der Waals surface area contributed by atoms with Crippen LogP contribution in [0.2, 0.25) is 0 Å². The summed E-state index contributed by atoms with van der Waals surface area (Å²) in [7, 11) is 1.67. The van der Waals surface area contributed by atoms with Gasteiger partial charge in [0.1, 0.15) is 0 Å². The highest BCUT2D eigenvalue weighted by atomic mass is 16.5. The van der Waals surface area contributed by atoms with Crippen LogP contribution in [0.3, 0.4) is 0 Å². The minimum absolute atomic E-state index is 0.119. The van der Waals surface area contributed by atoms with Crippen molar-refractivity contribution in [3.63, 3.8) is 0 Å². The molecule has 112 valence electrons. The van der Waals surface area contributed by atoms with Crippen molar-refractivity contribution in [2.45, 2.75) is 45.9 Å². The number of methoxy groups -OCH3 is 1. The third-order valence-corrected chi connectivity index (χ3v) is 3.60. The molecule has 0 saturated heterocycles. The number of benzene rings is 1. The molecule has 1 aromatic rings. The first-order chi connectivity index (χ1) is 9.62. The van der Waals surface area contributed by atoms with Crippen LogP contribution in [-0.2, 0) is 22.6 Å². The van der Waals surface area contributed by atoms with E-state index in [1.807, 2.05) is 43.0 Å². The van der Waals surface area contributed by atoms with Crippen molar-refractivity contribution in [3.8, 4) is 0 Å². The summed E-state index contributed by atoms with van der Waals surface area (Å²) < 4.78 is 5.18. The second-order valence-electron chi connectivity index (χ2n) is 4.97. The molecule has 1 atom stereocenters. The zero-order chi connectivity index (χ0) is 15.0. The topological polar surface area (TPSA) is 55.6 Å². The minimum atomic E-state index is 0.119. The summed E-state index contributed by atoms with van der Waals surface area (Å²) in [5.74, 6) is 0.170. The van der Waals surface area contributed by atoms with Gasteiger partial charge in [-0.3, -0.25) is 4.79 Å². The highest BCUT2D eigenvalue weighted by Crippen LogP contribution is 2.13. The molecular formula is C16H26N2O2. The molecule has 4 heteroatoms. The molecule has 0 aliphatic heterocycles. The molecule has 0 aromatic heterocycles. The Balaban J connectivity index is 2.64. The lowest BCUT2D eigenvalue weighted by Crippen LogP contribution is -2.31. The van der Waals surface area contributed by atoms with Gasteiger partial charge in [0.2, 0.25) is 5.91 Å². The number of hydrogen-bond acceptors (Lipinski definition) is 3. The number of nitrogens with two attached hydrogens (primary N) is 1. The molecule has 0 fully saturated rings. The summed E-state index contributed by atoms with van der Waals surface area (Å²) >= 11 is 0. The van der Waals surface area contributed by atoms with Crippen LogP contribution < -0.4 is 5.73 Å². The Bertz CT molecular complexity index is 421. The largest absolute Gasteiger partial charge is 0.382 e. The van der Waals surface area contributed by atoms with Crippen molar-refractivity contribution in [2.75, 3.05) is 13.7 Å². The molecule has 0 aliphatic carbocycles. The summed E-state index contributed by atoms with van der Waals surface area (Å²) in [6.07, 6.45) is 1.40. The number of hydrogen-bond donors (Lipinski definition) is 1. The molecule has 0 radical (unpaired) electrons. The van der Waals surface area contributed by atoms with E-state index in [1.165, 1.54) is 0 Å². The van der Waals surface area contributed by atoms with Crippen LogP contribution in [-0.4, -0.2) is 30.6 Å². The van der Waals surface area contributed by atoms with Gasteiger partial charge in [-0.2, -0.15) is 0 Å². The highest BCUT2D eigenvalue weighted by molar-refractivity contribution is 5.76. The molecular weight excluding hydrogens is 252 g/mol. The first kappa shape index (κ1) is 16.7. The van der Waals surface area contributed by atoms with Crippen LogP contribution in [0.4, 0.5) is 0 Å². The zero-order valence-corrected chi connectivity index (χ0v) is 12.8. The fourth-order valence-electron chi connectivity index (χ4n) is 2.10. The first-order valence-corrected chi connectivity index (χ1v) is 7.19. The van der Waals surface area contributed by atoms with Crippen LogP contribution >= 0.6 is 0 Å². The lowest BCUT2D eigenvalue weighted by atomic mass is 10.1. The summed E-state index contributed by atoms with van der Waals surface area (Å²) in [5.41, 5.74) is 7.97. The van der Waals surface area contributed by atoms with Crippen molar-refractivity contribution in [1.82, 2.24) is 4.90 Å². The average Bonchev–Trinajstić information content (AvgIpc) is 2.50. The second-order valence-corrected chi connectivity index (χ2v) is 4.97. The minimum Gasteiger partial charge on any atom is -0.382 e. The lowest BCUT2D eigenvalue weighted by molar-refractivity contribution is -0.132. The monoisotopic (exact) mass is 278 g/mol. The number of rotatable bonds is 8. The van der Waals surface area contributed by atoms with E-state index in [0.29, 0.717) is 26.1 Å². The zero-order valence-electron chi connectivity index (χ0n) is 12.8. The van der Waals surface area contributed by atoms with E-state index in [2.05, 4.69) is 0 Å². The standard InChI is InChI=1S/C16H26N2O2/c1-4-18(16(19)10-9-13(2)20-3)12-15-8-6-5-7-14(15)11-17/h5-8,13H,4,9-12,17H2,1-3H3. The van der Waals surface area contributed by atoms with E-state index in [-0.39, 0.29) is 12.0 Å². The van der Waals surface area contributed by atoms with E-state index < -0.39 is 0 Å². The van der Waals surface area contributed by atoms with E-state index in [4.69, 9.17) is 10.5 Å². The molecule has 1 aromatic carbocycles. The highest BCUT2D eigenvalue weighted by Gasteiger charge is 2.14. The molecule has 1 unspecified atom stereocenters. The van der Waals surface area contributed by atoms with Gasteiger partial charge in [-0.15, -0.1) is 0 Å². The van der Waals surface area contributed by atoms with Gasteiger partial charge in [-0.1, -0.05) is 24.3 Å². The van der Waals surface area contributed by atoms with Gasteiger partial charge in [-0.05, 0) is 31.4 Å². The SMILES string of the molecule is CCN(Cc1ccccc1CN)C(=O)CCC(C)OC. The predicted octanol–water partition coefficient (Wildman–Crippen LogP) is 2.31. The fraction of sp³-hybridized carbons (Fsp3) is 0.562. The maximum absolute atomic E-state index is 12.2. The van der Waals surface area contributed by atoms with Crippen LogP contribution in [0.1, 0.15) is 37.8 Å². The Morgan fingerprint density at radius 1 is 1.35 bits per heavy atom. The Labute approximate surface area is 121 Å². The number of amides is 1. The van der Waals surface area contributed by atoms with Crippen molar-refractivity contribution < 1.29 is 9.53 Å². The van der Waals surface area contributed by atoms with Crippen LogP contribution in [0.15, 0.2) is 24.3 Å². The quantitative estimate of drug-likeness (QED) is 0.794. The summed E-state index contributed by atoms with van der Waals surface area (Å²) in [4.78, 5) is 14.1. The van der Waals surface area contributed by atoms with Gasteiger partial charge < -0.3 is 15.4 Å². The molecule has 1 rings (SSSR count). The van der Waals surface area contributed by atoms with Crippen molar-refractivity contribution in [1.29, 1.82) is 0 Å². The second kappa shape index (κ2) is 8.72. The Morgan fingerprint density at radius 3 is 2.55 bits per heavy atom. The summed E-state index contributed by atoms with van der Waals surface area (Å²) in [5, 5.41) is 0. The predicted molar refractivity (Wildman–Crippen MR) is 81.1 cm³/mol. The molecule has 0 heterocycles. The van der Waals surface area contributed by atoms with Crippen LogP contribution in [0, 0.1) is 0 Å². The first-order valence-electron chi connectivity index (χ1n) is 7.19. The molecule has 0 saturated carbocycles. The van der Waals surface area contributed by atoms with Crippen LogP contribution in [0.5, 0.6) is 0 Å². The van der Waals surface area contributed by atoms with Crippen molar-refractivity contribution in [2.24, 2.45) is 5.73 Å². The normalized spacial score (nSPS) is 12.2. The maximum atomic E-state index is 12.2. The van der Waals surface area contributed by atoms with Crippen molar-refractivity contribution in [3.05, 3.63) is 35.4 Å². The number of ether oxygens (including phenoxy) is 1. The Morgan fingerprint density at radius 2 is 2.00 bits per heavy atom. The molecule has 20 heavy (non-hydrogen) atoms. The van der Waals surface area contributed by atoms with Gasteiger partial charge in [0.25, 0.3) is 0 Å². The van der Waals surface area contributed by atoms with E-state index in [1.54, 1.807) is 7.11 Å². The third-order valence-electron chi connectivity index (χ3n) is 3.60. The van der Waals surface area contributed by atoms with E-state index in [9.17, 15) is 4.79 Å². The van der Waals surface area contributed by atoms with Gasteiger partial charge in [0.05, 0.1) is 6.10 Å². The molecule has 0 aliphatic rings. The Hall–Kier alpha value is -1.39. The maximum Gasteiger partial charge on any atom is 0.222 e. The van der Waals surface area contributed by atoms with Crippen LogP contribution in [0.25, 0.3) is 0 Å². The molecule has 1 amide bonds. The smallest absolute Gasteiger partial charge is 0.222 e. The molecule has 4 nitrogen and oxygen atoms in total. The molecule has 0 bridgehead atoms. The van der Waals surface area contributed by atoms with Gasteiger partial charge >= 0.3 is 0 Å². The molecule has 2 N–H and O–H groups in total. The lowest BCUT2D eigenvalue weighted by Gasteiger charge is -2.23. The average molecular weight is 278 g/mol. The van der Waals surface area contributed by atoms with Crippen molar-refractivity contribution >= 4 is 5.91 Å². The number of carbonyl (C=O) groups excluding carboxylic acids is 1. The third kappa shape index (κ3) is 4.94. The fourth-order valence-corrected chi connectivity index (χ4v) is 2.10. The number of carbonyl (C=O) groups is 1. The summed E-state index contributed by atoms with van der Waals surface area (Å²) in [6.45, 7) is 5.82. The van der Waals surface area contributed by atoms with Gasteiger partial charge in [-0.25, -0.2) is 0 Å².